The maximum Gasteiger partial charge on any atom is 0.123 e. The Morgan fingerprint density at radius 2 is 1.82 bits per heavy atom. The molecule has 0 aromatic heterocycles. The number of hydrogen-bond donors (Lipinski definition) is 3. The Hall–Kier alpha value is -2.10. The van der Waals surface area contributed by atoms with Crippen molar-refractivity contribution in [3.8, 4) is 0 Å². The monoisotopic (exact) mass is 298 g/mol. The molecule has 1 aliphatic rings. The average Bonchev–Trinajstić information content (AvgIpc) is 2.55. The SMILES string of the molecule is C=CCC1=C(O)C(CC=C)C(O)(CO)C(c2ccccc2)=C1. The van der Waals surface area contributed by atoms with Gasteiger partial charge in [0.25, 0.3) is 0 Å². The van der Waals surface area contributed by atoms with Crippen molar-refractivity contribution in [2.24, 2.45) is 5.92 Å². The zero-order valence-electron chi connectivity index (χ0n) is 12.6. The molecule has 3 nitrogen and oxygen atoms in total. The van der Waals surface area contributed by atoms with Crippen molar-refractivity contribution < 1.29 is 15.3 Å². The normalized spacial score (nSPS) is 24.8. The molecule has 2 unspecified atom stereocenters. The molecule has 0 heterocycles. The maximum atomic E-state index is 11.1. The van der Waals surface area contributed by atoms with Gasteiger partial charge in [0, 0.05) is 0 Å². The number of benzene rings is 1. The topological polar surface area (TPSA) is 60.7 Å². The van der Waals surface area contributed by atoms with Gasteiger partial charge in [-0.15, -0.1) is 13.2 Å². The van der Waals surface area contributed by atoms with Crippen LogP contribution in [0.1, 0.15) is 18.4 Å². The van der Waals surface area contributed by atoms with E-state index in [1.807, 2.05) is 30.3 Å². The van der Waals surface area contributed by atoms with Gasteiger partial charge < -0.3 is 15.3 Å². The summed E-state index contributed by atoms with van der Waals surface area (Å²) < 4.78 is 0. The van der Waals surface area contributed by atoms with Gasteiger partial charge >= 0.3 is 0 Å². The van der Waals surface area contributed by atoms with Crippen LogP contribution in [0.4, 0.5) is 0 Å². The smallest absolute Gasteiger partial charge is 0.123 e. The minimum absolute atomic E-state index is 0.0935. The molecule has 22 heavy (non-hydrogen) atoms. The summed E-state index contributed by atoms with van der Waals surface area (Å²) in [7, 11) is 0. The Morgan fingerprint density at radius 3 is 2.36 bits per heavy atom. The predicted octanol–water partition coefficient (Wildman–Crippen LogP) is 3.39. The largest absolute Gasteiger partial charge is 0.512 e. The molecule has 3 heteroatoms. The van der Waals surface area contributed by atoms with Gasteiger partial charge in [0.15, 0.2) is 0 Å². The number of allylic oxidation sites excluding steroid dienone is 4. The standard InChI is InChI=1S/C19H22O3/c1-3-8-15-12-17(14-10-6-5-7-11-14)19(22,13-20)16(9-4-2)18(15)21/h3-7,10-12,16,20-22H,1-2,8-9,13H2. The molecule has 1 aliphatic carbocycles. The van der Waals surface area contributed by atoms with E-state index in [1.165, 1.54) is 0 Å². The third-order valence-corrected chi connectivity index (χ3v) is 4.11. The summed E-state index contributed by atoms with van der Waals surface area (Å²) in [6.45, 7) is 6.93. The van der Waals surface area contributed by atoms with Crippen LogP contribution in [0, 0.1) is 5.92 Å². The van der Waals surface area contributed by atoms with E-state index in [1.54, 1.807) is 18.2 Å². The van der Waals surface area contributed by atoms with E-state index in [0.29, 0.717) is 24.0 Å². The van der Waals surface area contributed by atoms with E-state index < -0.39 is 18.1 Å². The van der Waals surface area contributed by atoms with Gasteiger partial charge in [0.2, 0.25) is 0 Å². The molecular formula is C19H22O3. The Bertz CT molecular complexity index is 613. The van der Waals surface area contributed by atoms with Gasteiger partial charge in [0.1, 0.15) is 11.4 Å². The first-order valence-corrected chi connectivity index (χ1v) is 7.33. The first-order chi connectivity index (χ1) is 10.6. The number of aliphatic hydroxyl groups is 3. The Morgan fingerprint density at radius 1 is 1.14 bits per heavy atom. The van der Waals surface area contributed by atoms with Crippen molar-refractivity contribution in [3.63, 3.8) is 0 Å². The molecule has 116 valence electrons. The molecule has 2 rings (SSSR count). The van der Waals surface area contributed by atoms with Crippen molar-refractivity contribution in [2.45, 2.75) is 18.4 Å². The van der Waals surface area contributed by atoms with Gasteiger partial charge in [-0.1, -0.05) is 42.5 Å². The van der Waals surface area contributed by atoms with Gasteiger partial charge in [0.05, 0.1) is 12.5 Å². The van der Waals surface area contributed by atoms with Crippen molar-refractivity contribution in [3.05, 3.63) is 78.6 Å². The van der Waals surface area contributed by atoms with Crippen LogP contribution in [0.25, 0.3) is 5.57 Å². The zero-order valence-corrected chi connectivity index (χ0v) is 12.6. The first-order valence-electron chi connectivity index (χ1n) is 7.33. The lowest BCUT2D eigenvalue weighted by Crippen LogP contribution is -2.45. The second-order valence-electron chi connectivity index (χ2n) is 5.49. The summed E-state index contributed by atoms with van der Waals surface area (Å²) in [6, 6.07) is 9.41. The van der Waals surface area contributed by atoms with E-state index in [4.69, 9.17) is 0 Å². The molecule has 0 saturated carbocycles. The third-order valence-electron chi connectivity index (χ3n) is 4.11. The van der Waals surface area contributed by atoms with Crippen molar-refractivity contribution in [2.75, 3.05) is 6.61 Å². The predicted molar refractivity (Wildman–Crippen MR) is 89.2 cm³/mol. The fourth-order valence-corrected chi connectivity index (χ4v) is 2.95. The molecule has 0 aliphatic heterocycles. The molecule has 0 radical (unpaired) electrons. The van der Waals surface area contributed by atoms with Crippen molar-refractivity contribution in [1.29, 1.82) is 0 Å². The molecule has 0 spiro atoms. The van der Waals surface area contributed by atoms with Gasteiger partial charge in [-0.05, 0) is 35.6 Å². The molecule has 0 fully saturated rings. The molecular weight excluding hydrogens is 276 g/mol. The molecule has 0 bridgehead atoms. The lowest BCUT2D eigenvalue weighted by atomic mass is 9.71. The summed E-state index contributed by atoms with van der Waals surface area (Å²) >= 11 is 0. The molecule has 0 saturated heterocycles. The second kappa shape index (κ2) is 6.77. The van der Waals surface area contributed by atoms with Crippen LogP contribution in [0.15, 0.2) is 73.1 Å². The lowest BCUT2D eigenvalue weighted by Gasteiger charge is -2.40. The van der Waals surface area contributed by atoms with Gasteiger partial charge in [-0.25, -0.2) is 0 Å². The molecule has 3 N–H and O–H groups in total. The van der Waals surface area contributed by atoms with E-state index in [0.717, 1.165) is 5.56 Å². The summed E-state index contributed by atoms with van der Waals surface area (Å²) in [6.07, 6.45) is 5.97. The minimum atomic E-state index is -1.54. The summed E-state index contributed by atoms with van der Waals surface area (Å²) in [5, 5.41) is 31.4. The number of rotatable bonds is 6. The highest BCUT2D eigenvalue weighted by molar-refractivity contribution is 5.77. The van der Waals surface area contributed by atoms with E-state index in [2.05, 4.69) is 13.2 Å². The minimum Gasteiger partial charge on any atom is -0.512 e. The highest BCUT2D eigenvalue weighted by Crippen LogP contribution is 2.44. The van der Waals surface area contributed by atoms with Crippen molar-refractivity contribution >= 4 is 5.57 Å². The number of hydrogen-bond acceptors (Lipinski definition) is 3. The second-order valence-corrected chi connectivity index (χ2v) is 5.49. The van der Waals surface area contributed by atoms with E-state index >= 15 is 0 Å². The summed E-state index contributed by atoms with van der Waals surface area (Å²) in [5.41, 5.74) is 0.600. The van der Waals surface area contributed by atoms with E-state index in [-0.39, 0.29) is 5.76 Å². The quantitative estimate of drug-likeness (QED) is 0.706. The first kappa shape index (κ1) is 16.3. The van der Waals surface area contributed by atoms with E-state index in [9.17, 15) is 15.3 Å². The molecule has 0 amide bonds. The Balaban J connectivity index is 2.63. The van der Waals surface area contributed by atoms with Crippen LogP contribution in [-0.2, 0) is 0 Å². The highest BCUT2D eigenvalue weighted by Gasteiger charge is 2.45. The van der Waals surface area contributed by atoms with Crippen LogP contribution in [0.3, 0.4) is 0 Å². The lowest BCUT2D eigenvalue weighted by molar-refractivity contribution is -0.0143. The summed E-state index contributed by atoms with van der Waals surface area (Å²) in [5.74, 6) is -0.527. The number of aliphatic hydroxyl groups excluding tert-OH is 2. The van der Waals surface area contributed by atoms with Crippen LogP contribution < -0.4 is 0 Å². The maximum absolute atomic E-state index is 11.1. The Labute approximate surface area is 131 Å². The fourth-order valence-electron chi connectivity index (χ4n) is 2.95. The Kier molecular flexibility index (Phi) is 5.01. The molecule has 1 aromatic carbocycles. The third kappa shape index (κ3) is 2.78. The highest BCUT2D eigenvalue weighted by atomic mass is 16.3. The zero-order chi connectivity index (χ0) is 16.2. The van der Waals surface area contributed by atoms with Crippen LogP contribution in [-0.4, -0.2) is 27.5 Å². The van der Waals surface area contributed by atoms with Crippen LogP contribution in [0.2, 0.25) is 0 Å². The van der Waals surface area contributed by atoms with Crippen LogP contribution >= 0.6 is 0 Å². The summed E-state index contributed by atoms with van der Waals surface area (Å²) in [4.78, 5) is 0. The fraction of sp³-hybridized carbons (Fsp3) is 0.263. The van der Waals surface area contributed by atoms with Gasteiger partial charge in [-0.3, -0.25) is 0 Å². The average molecular weight is 298 g/mol. The molecule has 1 aromatic rings. The molecule has 2 atom stereocenters. The van der Waals surface area contributed by atoms with Crippen molar-refractivity contribution in [1.82, 2.24) is 0 Å². The van der Waals surface area contributed by atoms with Crippen LogP contribution in [0.5, 0.6) is 0 Å². The van der Waals surface area contributed by atoms with Gasteiger partial charge in [-0.2, -0.15) is 0 Å².